The Kier molecular flexibility index (Phi) is 6.05. The maximum atomic E-state index is 10.8. The number of hydrogen-bond acceptors (Lipinski definition) is 6. The molecule has 1 aromatic carbocycles. The molecule has 2 heterocycles. The summed E-state index contributed by atoms with van der Waals surface area (Å²) in [5, 5.41) is 34.9. The van der Waals surface area contributed by atoms with Crippen LogP contribution in [0.3, 0.4) is 0 Å². The van der Waals surface area contributed by atoms with E-state index in [0.29, 0.717) is 16.5 Å². The first kappa shape index (κ1) is 18.6. The van der Waals surface area contributed by atoms with E-state index < -0.39 is 5.97 Å². The van der Waals surface area contributed by atoms with E-state index >= 15 is 0 Å². The number of piperidine rings is 1. The summed E-state index contributed by atoms with van der Waals surface area (Å²) in [4.78, 5) is 10.8. The van der Waals surface area contributed by atoms with Crippen molar-refractivity contribution in [2.75, 3.05) is 6.54 Å². The Labute approximate surface area is 156 Å². The number of aromatic nitrogens is 4. The number of nitrogens with one attached hydrogen (secondary N) is 2. The van der Waals surface area contributed by atoms with E-state index in [4.69, 9.17) is 16.7 Å². The maximum absolute atomic E-state index is 10.8. The Bertz CT molecular complexity index is 720. The number of fused-ring (bicyclic) bond motifs is 1. The van der Waals surface area contributed by atoms with Crippen LogP contribution in [0.5, 0.6) is 5.75 Å². The molecule has 9 heteroatoms. The quantitative estimate of drug-likeness (QED) is 0.631. The normalized spacial score (nSPS) is 24.9. The number of nitrogens with zero attached hydrogens (tertiary/aromatic N) is 3. The third-order valence-corrected chi connectivity index (χ3v) is 5.41. The highest BCUT2D eigenvalue weighted by molar-refractivity contribution is 6.33. The molecule has 0 amide bonds. The second kappa shape index (κ2) is 8.46. The highest BCUT2D eigenvalue weighted by Crippen LogP contribution is 2.35. The van der Waals surface area contributed by atoms with Crippen molar-refractivity contribution in [1.82, 2.24) is 25.9 Å². The molecule has 3 unspecified atom stereocenters. The minimum absolute atomic E-state index is 0.0360. The maximum Gasteiger partial charge on any atom is 0.320 e. The molecule has 1 saturated carbocycles. The molecular weight excluding hydrogens is 358 g/mol. The molecule has 26 heavy (non-hydrogen) atoms. The minimum atomic E-state index is -0.677. The van der Waals surface area contributed by atoms with Crippen molar-refractivity contribution in [3.63, 3.8) is 0 Å². The number of aromatic hydroxyl groups is 1. The van der Waals surface area contributed by atoms with Crippen LogP contribution >= 0.6 is 11.6 Å². The number of benzene rings is 1. The summed E-state index contributed by atoms with van der Waals surface area (Å²) >= 11 is 5.84. The lowest BCUT2D eigenvalue weighted by Crippen LogP contribution is -2.48. The zero-order valence-corrected chi connectivity index (χ0v) is 15.0. The van der Waals surface area contributed by atoms with Crippen molar-refractivity contribution < 1.29 is 15.0 Å². The SMILES string of the molecule is O=C(O)C1CC2CCCCC2CN1.Oc1cccc(Cl)c1-c1nn[nH]n1. The van der Waals surface area contributed by atoms with E-state index in [1.165, 1.54) is 31.7 Å². The molecule has 0 bridgehead atoms. The zero-order valence-electron chi connectivity index (χ0n) is 14.2. The van der Waals surface area contributed by atoms with Gasteiger partial charge in [0, 0.05) is 0 Å². The fraction of sp³-hybridized carbons (Fsp3) is 0.529. The summed E-state index contributed by atoms with van der Waals surface area (Å²) in [6, 6.07) is 4.52. The Hall–Kier alpha value is -2.19. The van der Waals surface area contributed by atoms with E-state index in [-0.39, 0.29) is 17.6 Å². The largest absolute Gasteiger partial charge is 0.507 e. The Morgan fingerprint density at radius 2 is 2.00 bits per heavy atom. The fourth-order valence-corrected chi connectivity index (χ4v) is 3.99. The Morgan fingerprint density at radius 1 is 1.23 bits per heavy atom. The van der Waals surface area contributed by atoms with Crippen LogP contribution in [0.1, 0.15) is 32.1 Å². The minimum Gasteiger partial charge on any atom is -0.507 e. The lowest BCUT2D eigenvalue weighted by molar-refractivity contribution is -0.141. The standard InChI is InChI=1S/C10H17NO2.C7H5ClN4O/c12-10(13)9-5-7-3-1-2-4-8(7)6-11-9;8-4-2-1-3-5(13)6(4)7-9-11-12-10-7/h7-9,11H,1-6H2,(H,12,13);1-3,13H,(H,9,10,11,12). The molecule has 2 aliphatic rings. The number of phenols is 1. The van der Waals surface area contributed by atoms with Gasteiger partial charge in [-0.15, -0.1) is 10.2 Å². The van der Waals surface area contributed by atoms with Crippen LogP contribution in [0.25, 0.3) is 11.4 Å². The van der Waals surface area contributed by atoms with Crippen LogP contribution < -0.4 is 5.32 Å². The third-order valence-electron chi connectivity index (χ3n) is 5.09. The van der Waals surface area contributed by atoms with Crippen molar-refractivity contribution in [3.8, 4) is 17.1 Å². The molecule has 1 saturated heterocycles. The molecule has 140 valence electrons. The van der Waals surface area contributed by atoms with Crippen LogP contribution in [0.2, 0.25) is 5.02 Å². The number of carboxylic acids is 1. The van der Waals surface area contributed by atoms with Crippen LogP contribution in [0.4, 0.5) is 0 Å². The van der Waals surface area contributed by atoms with Gasteiger partial charge in [-0.05, 0) is 48.6 Å². The van der Waals surface area contributed by atoms with Crippen molar-refractivity contribution in [2.24, 2.45) is 11.8 Å². The monoisotopic (exact) mass is 379 g/mol. The number of H-pyrrole nitrogens is 1. The van der Waals surface area contributed by atoms with Gasteiger partial charge in [-0.25, -0.2) is 0 Å². The van der Waals surface area contributed by atoms with Crippen LogP contribution in [-0.4, -0.2) is 49.4 Å². The summed E-state index contributed by atoms with van der Waals surface area (Å²) in [5.74, 6) is 1.07. The van der Waals surface area contributed by atoms with E-state index in [2.05, 4.69) is 25.9 Å². The summed E-state index contributed by atoms with van der Waals surface area (Å²) in [5.41, 5.74) is 0.387. The molecule has 2 fully saturated rings. The number of carbonyl (C=O) groups is 1. The molecule has 0 spiro atoms. The summed E-state index contributed by atoms with van der Waals surface area (Å²) in [6.07, 6.45) is 6.02. The van der Waals surface area contributed by atoms with Crippen molar-refractivity contribution >= 4 is 17.6 Å². The van der Waals surface area contributed by atoms with Gasteiger partial charge >= 0.3 is 5.97 Å². The van der Waals surface area contributed by atoms with Crippen LogP contribution in [0, 0.1) is 11.8 Å². The molecule has 3 atom stereocenters. The lowest BCUT2D eigenvalue weighted by atomic mass is 9.74. The summed E-state index contributed by atoms with van der Waals surface area (Å²) in [7, 11) is 0. The van der Waals surface area contributed by atoms with E-state index in [0.717, 1.165) is 18.9 Å². The second-order valence-electron chi connectivity index (χ2n) is 6.71. The number of tetrazole rings is 1. The van der Waals surface area contributed by atoms with Gasteiger partial charge in [-0.2, -0.15) is 5.21 Å². The average molecular weight is 380 g/mol. The first-order chi connectivity index (χ1) is 12.6. The average Bonchev–Trinajstić information content (AvgIpc) is 3.16. The number of hydrogen-bond donors (Lipinski definition) is 4. The first-order valence-electron chi connectivity index (χ1n) is 8.73. The van der Waals surface area contributed by atoms with Crippen molar-refractivity contribution in [2.45, 2.75) is 38.1 Å². The molecule has 4 N–H and O–H groups in total. The van der Waals surface area contributed by atoms with Gasteiger partial charge in [-0.3, -0.25) is 4.79 Å². The molecule has 1 aromatic heterocycles. The predicted molar refractivity (Wildman–Crippen MR) is 95.8 cm³/mol. The number of halogens is 1. The fourth-order valence-electron chi connectivity index (χ4n) is 3.73. The molecular formula is C17H22ClN5O3. The van der Waals surface area contributed by atoms with Gasteiger partial charge in [-0.1, -0.05) is 36.9 Å². The molecule has 0 radical (unpaired) electrons. The number of phenolic OH excluding ortho intramolecular Hbond substituents is 1. The van der Waals surface area contributed by atoms with E-state index in [1.54, 1.807) is 12.1 Å². The number of aliphatic carboxylic acids is 1. The van der Waals surface area contributed by atoms with Gasteiger partial charge in [0.25, 0.3) is 0 Å². The van der Waals surface area contributed by atoms with Gasteiger partial charge < -0.3 is 15.5 Å². The van der Waals surface area contributed by atoms with Crippen LogP contribution in [0.15, 0.2) is 18.2 Å². The van der Waals surface area contributed by atoms with Gasteiger partial charge in [0.2, 0.25) is 5.82 Å². The highest BCUT2D eigenvalue weighted by atomic mass is 35.5. The van der Waals surface area contributed by atoms with Gasteiger partial charge in [0.1, 0.15) is 11.8 Å². The van der Waals surface area contributed by atoms with Gasteiger partial charge in [0.15, 0.2) is 0 Å². The molecule has 2 aromatic rings. The third kappa shape index (κ3) is 4.31. The molecule has 8 nitrogen and oxygen atoms in total. The second-order valence-corrected chi connectivity index (χ2v) is 7.12. The highest BCUT2D eigenvalue weighted by Gasteiger charge is 2.34. The molecule has 1 aliphatic heterocycles. The lowest BCUT2D eigenvalue weighted by Gasteiger charge is -2.38. The van der Waals surface area contributed by atoms with Gasteiger partial charge in [0.05, 0.1) is 10.6 Å². The first-order valence-corrected chi connectivity index (χ1v) is 9.11. The number of rotatable bonds is 2. The Balaban J connectivity index is 0.000000151. The predicted octanol–water partition coefficient (Wildman–Crippen LogP) is 2.46. The van der Waals surface area contributed by atoms with E-state index in [1.807, 2.05) is 0 Å². The molecule has 4 rings (SSSR count). The van der Waals surface area contributed by atoms with E-state index in [9.17, 15) is 9.90 Å². The zero-order chi connectivity index (χ0) is 18.5. The summed E-state index contributed by atoms with van der Waals surface area (Å²) < 4.78 is 0. The van der Waals surface area contributed by atoms with Crippen molar-refractivity contribution in [3.05, 3.63) is 23.2 Å². The topological polar surface area (TPSA) is 124 Å². The van der Waals surface area contributed by atoms with Crippen molar-refractivity contribution in [1.29, 1.82) is 0 Å². The van der Waals surface area contributed by atoms with Crippen LogP contribution in [-0.2, 0) is 4.79 Å². The smallest absolute Gasteiger partial charge is 0.320 e. The number of aromatic amines is 1. The Morgan fingerprint density at radius 3 is 2.65 bits per heavy atom. The molecule has 1 aliphatic carbocycles. The summed E-state index contributed by atoms with van der Waals surface area (Å²) in [6.45, 7) is 0.918. The number of carboxylic acid groups (broad SMARTS) is 1.